The van der Waals surface area contributed by atoms with Crippen molar-refractivity contribution in [3.8, 4) is 0 Å². The van der Waals surface area contributed by atoms with Crippen molar-refractivity contribution in [1.29, 1.82) is 0 Å². The van der Waals surface area contributed by atoms with E-state index in [4.69, 9.17) is 11.6 Å². The Balaban J connectivity index is 3.50. The van der Waals surface area contributed by atoms with Crippen LogP contribution in [0.3, 0.4) is 0 Å². The number of carbonyl (C=O) groups is 1. The van der Waals surface area contributed by atoms with Gasteiger partial charge in [-0.1, -0.05) is 13.8 Å². The fraction of sp³-hybridized carbons (Fsp3) is 0.875. The molecule has 78 valence electrons. The van der Waals surface area contributed by atoms with Gasteiger partial charge in [0.1, 0.15) is 0 Å². The Morgan fingerprint density at radius 2 is 2.08 bits per heavy atom. The molecule has 0 saturated heterocycles. The maximum atomic E-state index is 10.8. The van der Waals surface area contributed by atoms with Crippen LogP contribution in [-0.2, 0) is 4.79 Å². The second-order valence-electron chi connectivity index (χ2n) is 3.10. The van der Waals surface area contributed by atoms with E-state index in [-0.39, 0.29) is 5.91 Å². The lowest BCUT2D eigenvalue weighted by molar-refractivity contribution is -0.121. The summed E-state index contributed by atoms with van der Waals surface area (Å²) < 4.78 is 0. The van der Waals surface area contributed by atoms with Gasteiger partial charge >= 0.3 is 0 Å². The molecule has 0 rings (SSSR count). The number of amides is 1. The highest BCUT2D eigenvalue weighted by Crippen LogP contribution is 2.20. The summed E-state index contributed by atoms with van der Waals surface area (Å²) in [6, 6.07) is 0. The molecule has 0 aromatic rings. The largest absolute Gasteiger partial charge is 0.329 e. The molecule has 5 N–H and O–H groups in total. The number of hydrogen-bond donors (Lipinski definition) is 3. The molecule has 1 amide bonds. The molecule has 2 atom stereocenters. The molecule has 0 spiro atoms. The summed E-state index contributed by atoms with van der Waals surface area (Å²) in [6.07, 6.45) is 1.33. The van der Waals surface area contributed by atoms with Crippen molar-refractivity contribution >= 4 is 17.7 Å². The van der Waals surface area contributed by atoms with Crippen molar-refractivity contribution in [3.05, 3.63) is 0 Å². The standard InChI is InChI=1S/C8H19N3OS/c1-6(13-7(2)5-9)3-4-8(12)11-10/h6-7H,3-5,9-10H2,1-2H3,(H,11,12). The fourth-order valence-electron chi connectivity index (χ4n) is 0.927. The zero-order chi connectivity index (χ0) is 10.3. The maximum absolute atomic E-state index is 10.8. The molecule has 0 aromatic heterocycles. The van der Waals surface area contributed by atoms with Gasteiger partial charge in [-0.25, -0.2) is 5.84 Å². The lowest BCUT2D eigenvalue weighted by Gasteiger charge is -2.14. The lowest BCUT2D eigenvalue weighted by Crippen LogP contribution is -2.30. The number of nitrogens with one attached hydrogen (secondary N) is 1. The molecular weight excluding hydrogens is 186 g/mol. The Morgan fingerprint density at radius 3 is 2.54 bits per heavy atom. The van der Waals surface area contributed by atoms with Gasteiger partial charge < -0.3 is 5.73 Å². The topological polar surface area (TPSA) is 81.1 Å². The van der Waals surface area contributed by atoms with Crippen LogP contribution in [-0.4, -0.2) is 23.0 Å². The summed E-state index contributed by atoms with van der Waals surface area (Å²) in [5, 5.41) is 0.909. The fourth-order valence-corrected chi connectivity index (χ4v) is 2.08. The van der Waals surface area contributed by atoms with Crippen LogP contribution in [0.1, 0.15) is 26.7 Å². The first-order chi connectivity index (χ1) is 6.10. The van der Waals surface area contributed by atoms with Crippen molar-refractivity contribution in [2.45, 2.75) is 37.2 Å². The first-order valence-corrected chi connectivity index (χ1v) is 5.39. The molecule has 0 aromatic carbocycles. The van der Waals surface area contributed by atoms with Crippen LogP contribution in [0.15, 0.2) is 0 Å². The molecule has 0 radical (unpaired) electrons. The van der Waals surface area contributed by atoms with Crippen LogP contribution in [0.25, 0.3) is 0 Å². The monoisotopic (exact) mass is 205 g/mol. The van der Waals surface area contributed by atoms with Crippen molar-refractivity contribution in [1.82, 2.24) is 5.43 Å². The van der Waals surface area contributed by atoms with Crippen LogP contribution in [0.4, 0.5) is 0 Å². The average Bonchev–Trinajstić information content (AvgIpc) is 2.13. The normalized spacial score (nSPS) is 15.1. The second kappa shape index (κ2) is 7.17. The van der Waals surface area contributed by atoms with Gasteiger partial charge in [0.25, 0.3) is 0 Å². The van der Waals surface area contributed by atoms with E-state index in [0.29, 0.717) is 23.5 Å². The predicted octanol–water partition coefficient (Wildman–Crippen LogP) is 0.225. The molecule has 2 unspecified atom stereocenters. The minimum Gasteiger partial charge on any atom is -0.329 e. The third-order valence-electron chi connectivity index (χ3n) is 1.74. The Morgan fingerprint density at radius 1 is 1.46 bits per heavy atom. The van der Waals surface area contributed by atoms with E-state index in [0.717, 1.165) is 6.42 Å². The van der Waals surface area contributed by atoms with Crippen LogP contribution in [0, 0.1) is 0 Å². The lowest BCUT2D eigenvalue weighted by atomic mass is 10.2. The molecule has 0 saturated carbocycles. The first kappa shape index (κ1) is 12.7. The third-order valence-corrected chi connectivity index (χ3v) is 3.09. The van der Waals surface area contributed by atoms with Crippen molar-refractivity contribution < 1.29 is 4.79 Å². The van der Waals surface area contributed by atoms with Crippen LogP contribution in [0.5, 0.6) is 0 Å². The van der Waals surface area contributed by atoms with Gasteiger partial charge in [-0.15, -0.1) is 0 Å². The predicted molar refractivity (Wildman–Crippen MR) is 57.1 cm³/mol. The second-order valence-corrected chi connectivity index (χ2v) is 4.98. The zero-order valence-corrected chi connectivity index (χ0v) is 9.06. The number of nitrogens with two attached hydrogens (primary N) is 2. The van der Waals surface area contributed by atoms with E-state index < -0.39 is 0 Å². The molecule has 4 nitrogen and oxygen atoms in total. The molecule has 5 heteroatoms. The minimum absolute atomic E-state index is 0.104. The van der Waals surface area contributed by atoms with E-state index in [9.17, 15) is 4.79 Å². The number of rotatable bonds is 6. The van der Waals surface area contributed by atoms with Crippen molar-refractivity contribution in [2.24, 2.45) is 11.6 Å². The van der Waals surface area contributed by atoms with Gasteiger partial charge in [0.05, 0.1) is 0 Å². The SMILES string of the molecule is CC(CN)SC(C)CCC(=O)NN. The van der Waals surface area contributed by atoms with Gasteiger partial charge in [-0.05, 0) is 6.42 Å². The van der Waals surface area contributed by atoms with E-state index in [1.807, 2.05) is 0 Å². The third kappa shape index (κ3) is 6.86. The quantitative estimate of drug-likeness (QED) is 0.329. The van der Waals surface area contributed by atoms with E-state index in [1.54, 1.807) is 11.8 Å². The van der Waals surface area contributed by atoms with Crippen molar-refractivity contribution in [2.75, 3.05) is 6.54 Å². The Kier molecular flexibility index (Phi) is 7.03. The Labute approximate surface area is 83.8 Å². The summed E-state index contributed by atoms with van der Waals surface area (Å²) in [5.41, 5.74) is 7.60. The smallest absolute Gasteiger partial charge is 0.233 e. The van der Waals surface area contributed by atoms with E-state index in [1.165, 1.54) is 0 Å². The highest BCUT2D eigenvalue weighted by atomic mass is 32.2. The van der Waals surface area contributed by atoms with E-state index >= 15 is 0 Å². The summed E-state index contributed by atoms with van der Waals surface area (Å²) in [5.74, 6) is 4.86. The zero-order valence-electron chi connectivity index (χ0n) is 8.25. The van der Waals surface area contributed by atoms with E-state index in [2.05, 4.69) is 19.3 Å². The van der Waals surface area contributed by atoms with Gasteiger partial charge in [0.2, 0.25) is 5.91 Å². The highest BCUT2D eigenvalue weighted by molar-refractivity contribution is 8.00. The van der Waals surface area contributed by atoms with Crippen LogP contribution in [0.2, 0.25) is 0 Å². The summed E-state index contributed by atoms with van der Waals surface area (Å²) >= 11 is 1.81. The highest BCUT2D eigenvalue weighted by Gasteiger charge is 2.09. The summed E-state index contributed by atoms with van der Waals surface area (Å²) in [4.78, 5) is 10.8. The first-order valence-electron chi connectivity index (χ1n) is 4.45. The Bertz CT molecular complexity index is 154. The van der Waals surface area contributed by atoms with Crippen molar-refractivity contribution in [3.63, 3.8) is 0 Å². The molecule has 13 heavy (non-hydrogen) atoms. The van der Waals surface area contributed by atoms with Crippen LogP contribution >= 0.6 is 11.8 Å². The maximum Gasteiger partial charge on any atom is 0.233 e. The van der Waals surface area contributed by atoms with Gasteiger partial charge in [0.15, 0.2) is 0 Å². The van der Waals surface area contributed by atoms with Gasteiger partial charge in [0, 0.05) is 23.5 Å². The average molecular weight is 205 g/mol. The summed E-state index contributed by atoms with van der Waals surface area (Å²) in [7, 11) is 0. The number of hydrazine groups is 1. The van der Waals surface area contributed by atoms with Gasteiger partial charge in [-0.3, -0.25) is 10.2 Å². The molecule has 0 aliphatic rings. The molecule has 0 aliphatic carbocycles. The number of carbonyl (C=O) groups excluding carboxylic acids is 1. The molecule has 0 aliphatic heterocycles. The van der Waals surface area contributed by atoms with Crippen LogP contribution < -0.4 is 17.0 Å². The molecule has 0 bridgehead atoms. The molecule has 0 heterocycles. The Hall–Kier alpha value is -0.260. The summed E-state index contributed by atoms with van der Waals surface area (Å²) in [6.45, 7) is 4.86. The van der Waals surface area contributed by atoms with Gasteiger partial charge in [-0.2, -0.15) is 11.8 Å². The number of thioether (sulfide) groups is 1. The number of hydrogen-bond acceptors (Lipinski definition) is 4. The molecular formula is C8H19N3OS. The minimum atomic E-state index is -0.104. The molecule has 0 fully saturated rings.